The number of hydrogen-bond acceptors (Lipinski definition) is 2. The van der Waals surface area contributed by atoms with Gasteiger partial charge >= 0.3 is 5.69 Å². The Bertz CT molecular complexity index is 925. The van der Waals surface area contributed by atoms with Gasteiger partial charge in [0.1, 0.15) is 0 Å². The van der Waals surface area contributed by atoms with Crippen molar-refractivity contribution in [1.82, 2.24) is 9.55 Å². The fourth-order valence-corrected chi connectivity index (χ4v) is 2.46. The van der Waals surface area contributed by atoms with Gasteiger partial charge in [0.15, 0.2) is 0 Å². The number of hydrogen-bond donors (Lipinski definition) is 1. The molecule has 0 bridgehead atoms. The van der Waals surface area contributed by atoms with Crippen LogP contribution >= 0.6 is 11.6 Å². The average Bonchev–Trinajstić information content (AvgIpc) is 2.42. The molecule has 4 nitrogen and oxygen atoms in total. The minimum atomic E-state index is -0.495. The molecule has 20 heavy (non-hydrogen) atoms. The van der Waals surface area contributed by atoms with Crippen molar-refractivity contribution in [2.75, 3.05) is 0 Å². The Kier molecular flexibility index (Phi) is 2.95. The van der Waals surface area contributed by atoms with Crippen molar-refractivity contribution in [2.45, 2.75) is 6.92 Å². The number of H-pyrrole nitrogens is 1. The van der Waals surface area contributed by atoms with E-state index in [1.54, 1.807) is 30.3 Å². The lowest BCUT2D eigenvalue weighted by atomic mass is 10.2. The standard InChI is InChI=1S/C15H11ClN2O2/c1-9-5-2-3-8-12(9)18-14(19)10-6-4-7-11(16)13(10)17-15(18)20/h2-8H,1H3,(H,17,20). The van der Waals surface area contributed by atoms with E-state index in [1.165, 1.54) is 0 Å². The molecule has 0 spiro atoms. The normalized spacial score (nSPS) is 10.9. The molecule has 0 aliphatic carbocycles. The first-order valence-corrected chi connectivity index (χ1v) is 6.47. The summed E-state index contributed by atoms with van der Waals surface area (Å²) < 4.78 is 1.13. The van der Waals surface area contributed by atoms with Crippen molar-refractivity contribution in [1.29, 1.82) is 0 Å². The van der Waals surface area contributed by atoms with E-state index in [0.717, 1.165) is 10.1 Å². The Balaban J connectivity index is 2.48. The zero-order chi connectivity index (χ0) is 14.3. The molecule has 0 saturated carbocycles. The molecule has 1 aromatic heterocycles. The van der Waals surface area contributed by atoms with Gasteiger partial charge in [-0.3, -0.25) is 4.79 Å². The van der Waals surface area contributed by atoms with E-state index in [-0.39, 0.29) is 5.56 Å². The number of nitrogens with one attached hydrogen (secondary N) is 1. The molecule has 0 saturated heterocycles. The van der Waals surface area contributed by atoms with Crippen molar-refractivity contribution < 1.29 is 0 Å². The van der Waals surface area contributed by atoms with Crippen LogP contribution in [0.4, 0.5) is 0 Å². The molecule has 3 aromatic rings. The Labute approximate surface area is 119 Å². The summed E-state index contributed by atoms with van der Waals surface area (Å²) in [5.41, 5.74) is 0.918. The van der Waals surface area contributed by atoms with Crippen LogP contribution in [0.5, 0.6) is 0 Å². The topological polar surface area (TPSA) is 54.9 Å². The van der Waals surface area contributed by atoms with E-state index >= 15 is 0 Å². The summed E-state index contributed by atoms with van der Waals surface area (Å²) in [7, 11) is 0. The number of halogens is 1. The van der Waals surface area contributed by atoms with Gasteiger partial charge in [-0.2, -0.15) is 0 Å². The monoisotopic (exact) mass is 286 g/mol. The second kappa shape index (κ2) is 4.65. The third kappa shape index (κ3) is 1.85. The van der Waals surface area contributed by atoms with Gasteiger partial charge in [0, 0.05) is 0 Å². The quantitative estimate of drug-likeness (QED) is 0.748. The fraction of sp³-hybridized carbons (Fsp3) is 0.0667. The second-order valence-electron chi connectivity index (χ2n) is 4.52. The van der Waals surface area contributed by atoms with Gasteiger partial charge in [-0.05, 0) is 30.7 Å². The van der Waals surface area contributed by atoms with Gasteiger partial charge in [-0.25, -0.2) is 9.36 Å². The molecule has 0 atom stereocenters. The summed E-state index contributed by atoms with van der Waals surface area (Å²) in [6, 6.07) is 12.2. The van der Waals surface area contributed by atoms with Gasteiger partial charge in [0.2, 0.25) is 0 Å². The van der Waals surface area contributed by atoms with Crippen LogP contribution in [-0.4, -0.2) is 9.55 Å². The minimum Gasteiger partial charge on any atom is -0.305 e. The highest BCUT2D eigenvalue weighted by molar-refractivity contribution is 6.34. The van der Waals surface area contributed by atoms with Crippen molar-refractivity contribution in [3.05, 3.63) is 73.9 Å². The molecule has 3 rings (SSSR count). The molecule has 0 aliphatic heterocycles. The molecule has 5 heteroatoms. The molecular weight excluding hydrogens is 276 g/mol. The van der Waals surface area contributed by atoms with Gasteiger partial charge in [0.25, 0.3) is 5.56 Å². The molecule has 0 fully saturated rings. The molecule has 0 unspecified atom stereocenters. The lowest BCUT2D eigenvalue weighted by Gasteiger charge is -2.09. The van der Waals surface area contributed by atoms with E-state index in [0.29, 0.717) is 21.6 Å². The largest absolute Gasteiger partial charge is 0.333 e. The number of benzene rings is 2. The Morgan fingerprint density at radius 2 is 1.80 bits per heavy atom. The maximum atomic E-state index is 12.5. The predicted molar refractivity (Wildman–Crippen MR) is 79.9 cm³/mol. The maximum Gasteiger partial charge on any atom is 0.333 e. The van der Waals surface area contributed by atoms with E-state index < -0.39 is 5.69 Å². The van der Waals surface area contributed by atoms with E-state index in [1.807, 2.05) is 19.1 Å². The molecule has 0 radical (unpaired) electrons. The summed E-state index contributed by atoms with van der Waals surface area (Å²) in [5, 5.41) is 0.744. The summed E-state index contributed by atoms with van der Waals surface area (Å²) in [5.74, 6) is 0. The van der Waals surface area contributed by atoms with Crippen molar-refractivity contribution in [3.8, 4) is 5.69 Å². The molecule has 1 N–H and O–H groups in total. The van der Waals surface area contributed by atoms with Crippen LogP contribution in [0.25, 0.3) is 16.6 Å². The number of aromatic amines is 1. The van der Waals surface area contributed by atoms with E-state index in [4.69, 9.17) is 11.6 Å². The molecule has 2 aromatic carbocycles. The summed E-state index contributed by atoms with van der Waals surface area (Å²) in [4.78, 5) is 27.4. The highest BCUT2D eigenvalue weighted by atomic mass is 35.5. The van der Waals surface area contributed by atoms with Crippen LogP contribution in [0, 0.1) is 6.92 Å². The number of nitrogens with zero attached hydrogens (tertiary/aromatic N) is 1. The van der Waals surface area contributed by atoms with Crippen LogP contribution in [0.3, 0.4) is 0 Å². The number of para-hydroxylation sites is 2. The summed E-state index contributed by atoms with van der Waals surface area (Å²) in [6.45, 7) is 1.85. The van der Waals surface area contributed by atoms with Crippen molar-refractivity contribution >= 4 is 22.5 Å². The predicted octanol–water partition coefficient (Wildman–Crippen LogP) is 2.64. The molecular formula is C15H11ClN2O2. The average molecular weight is 287 g/mol. The Morgan fingerprint density at radius 3 is 2.55 bits per heavy atom. The highest BCUT2D eigenvalue weighted by Crippen LogP contribution is 2.18. The Morgan fingerprint density at radius 1 is 1.05 bits per heavy atom. The second-order valence-corrected chi connectivity index (χ2v) is 4.93. The van der Waals surface area contributed by atoms with E-state index in [2.05, 4.69) is 4.98 Å². The van der Waals surface area contributed by atoms with Gasteiger partial charge < -0.3 is 4.98 Å². The molecule has 1 heterocycles. The van der Waals surface area contributed by atoms with Crippen LogP contribution in [-0.2, 0) is 0 Å². The van der Waals surface area contributed by atoms with E-state index in [9.17, 15) is 9.59 Å². The first-order valence-electron chi connectivity index (χ1n) is 6.09. The number of fused-ring (bicyclic) bond motifs is 1. The zero-order valence-electron chi connectivity index (χ0n) is 10.7. The third-order valence-electron chi connectivity index (χ3n) is 3.24. The number of aryl methyl sites for hydroxylation is 1. The first-order chi connectivity index (χ1) is 9.59. The summed E-state index contributed by atoms with van der Waals surface area (Å²) >= 11 is 6.01. The van der Waals surface area contributed by atoms with Crippen LogP contribution in [0.2, 0.25) is 5.02 Å². The third-order valence-corrected chi connectivity index (χ3v) is 3.55. The lowest BCUT2D eigenvalue weighted by Crippen LogP contribution is -2.34. The minimum absolute atomic E-state index is 0.355. The van der Waals surface area contributed by atoms with Crippen molar-refractivity contribution in [2.24, 2.45) is 0 Å². The fourth-order valence-electron chi connectivity index (χ4n) is 2.24. The van der Waals surface area contributed by atoms with Crippen LogP contribution < -0.4 is 11.2 Å². The smallest absolute Gasteiger partial charge is 0.305 e. The highest BCUT2D eigenvalue weighted by Gasteiger charge is 2.12. The van der Waals surface area contributed by atoms with Crippen LogP contribution in [0.15, 0.2) is 52.1 Å². The van der Waals surface area contributed by atoms with Crippen molar-refractivity contribution in [3.63, 3.8) is 0 Å². The number of aromatic nitrogens is 2. The van der Waals surface area contributed by atoms with Gasteiger partial charge in [-0.1, -0.05) is 35.9 Å². The molecule has 100 valence electrons. The molecule has 0 amide bonds. The first kappa shape index (κ1) is 12.7. The Hall–Kier alpha value is -2.33. The zero-order valence-corrected chi connectivity index (χ0v) is 11.4. The van der Waals surface area contributed by atoms with Crippen LogP contribution in [0.1, 0.15) is 5.56 Å². The SMILES string of the molecule is Cc1ccccc1-n1c(=O)[nH]c2c(Cl)cccc2c1=O. The van der Waals surface area contributed by atoms with Gasteiger partial charge in [0.05, 0.1) is 21.6 Å². The lowest BCUT2D eigenvalue weighted by molar-refractivity contribution is 0.894. The maximum absolute atomic E-state index is 12.5. The van der Waals surface area contributed by atoms with Gasteiger partial charge in [-0.15, -0.1) is 0 Å². The summed E-state index contributed by atoms with van der Waals surface area (Å²) in [6.07, 6.45) is 0. The molecule has 0 aliphatic rings. The number of rotatable bonds is 1.